The first kappa shape index (κ1) is 32.9. The third-order valence-corrected chi connectivity index (χ3v) is 8.96. The van der Waals surface area contributed by atoms with E-state index in [4.69, 9.17) is 16.3 Å². The predicted octanol–water partition coefficient (Wildman–Crippen LogP) is 7.36. The Morgan fingerprint density at radius 1 is 0.848 bits per heavy atom. The first-order chi connectivity index (χ1) is 22.1. The van der Waals surface area contributed by atoms with Crippen molar-refractivity contribution in [3.63, 3.8) is 0 Å². The van der Waals surface area contributed by atoms with Crippen LogP contribution in [-0.4, -0.2) is 28.3 Å². The van der Waals surface area contributed by atoms with Crippen molar-refractivity contribution in [3.8, 4) is 5.75 Å². The van der Waals surface area contributed by atoms with Gasteiger partial charge in [0.15, 0.2) is 0 Å². The zero-order valence-corrected chi connectivity index (χ0v) is 27.0. The van der Waals surface area contributed by atoms with Gasteiger partial charge in [0.2, 0.25) is 11.8 Å². The number of aryl methyl sites for hydroxylation is 2. The minimum Gasteiger partial charge on any atom is -0.489 e. The van der Waals surface area contributed by atoms with Gasteiger partial charge in [-0.3, -0.25) is 14.4 Å². The van der Waals surface area contributed by atoms with Crippen LogP contribution in [0, 0.1) is 11.8 Å². The Labute approximate surface area is 275 Å². The van der Waals surface area contributed by atoms with Crippen molar-refractivity contribution in [1.29, 1.82) is 0 Å². The molecule has 4 atom stereocenters. The average molecular weight is 639 g/mol. The first-order valence-corrected chi connectivity index (χ1v) is 16.0. The summed E-state index contributed by atoms with van der Waals surface area (Å²) in [6.45, 7) is 5.74. The number of amides is 2. The number of anilines is 2. The average Bonchev–Trinajstić information content (AvgIpc) is 3.04. The molecule has 4 aromatic carbocycles. The second kappa shape index (κ2) is 14.3. The van der Waals surface area contributed by atoms with Crippen molar-refractivity contribution in [2.45, 2.75) is 58.2 Å². The molecule has 1 aliphatic carbocycles. The topological polar surface area (TPSA) is 105 Å². The van der Waals surface area contributed by atoms with Crippen LogP contribution >= 0.6 is 11.6 Å². The van der Waals surface area contributed by atoms with E-state index in [1.165, 1.54) is 6.92 Å². The normalized spacial score (nSPS) is 21.0. The molecule has 7 nitrogen and oxygen atoms in total. The summed E-state index contributed by atoms with van der Waals surface area (Å²) in [5, 5.41) is 18.4. The molecule has 0 bridgehead atoms. The maximum absolute atomic E-state index is 14.2. The van der Waals surface area contributed by atoms with Gasteiger partial charge in [0, 0.05) is 28.7 Å². The van der Waals surface area contributed by atoms with Crippen molar-refractivity contribution in [2.24, 2.45) is 11.8 Å². The van der Waals surface area contributed by atoms with Crippen molar-refractivity contribution in [2.75, 3.05) is 10.6 Å². The highest BCUT2D eigenvalue weighted by Crippen LogP contribution is 2.47. The van der Waals surface area contributed by atoms with Gasteiger partial charge in [0.05, 0.1) is 11.5 Å². The van der Waals surface area contributed by atoms with Crippen molar-refractivity contribution in [1.82, 2.24) is 0 Å². The molecule has 0 aromatic heterocycles. The van der Waals surface area contributed by atoms with Crippen LogP contribution in [0.5, 0.6) is 5.75 Å². The molecule has 5 rings (SSSR count). The smallest absolute Gasteiger partial charge is 0.235 e. The van der Waals surface area contributed by atoms with E-state index < -0.39 is 41.0 Å². The second-order valence-electron chi connectivity index (χ2n) is 12.0. The number of carbonyl (C=O) groups excluding carboxylic acids is 3. The summed E-state index contributed by atoms with van der Waals surface area (Å²) in [6.07, 6.45) is 1.02. The Morgan fingerprint density at radius 3 is 2.04 bits per heavy atom. The highest BCUT2D eigenvalue weighted by atomic mass is 35.5. The highest BCUT2D eigenvalue weighted by Gasteiger charge is 2.56. The number of para-hydroxylation sites is 2. The maximum Gasteiger partial charge on any atom is 0.235 e. The number of aliphatic hydroxyl groups is 1. The zero-order valence-electron chi connectivity index (χ0n) is 26.3. The molecule has 238 valence electrons. The lowest BCUT2D eigenvalue weighted by Gasteiger charge is -2.44. The van der Waals surface area contributed by atoms with Gasteiger partial charge in [0.1, 0.15) is 24.1 Å². The first-order valence-electron chi connectivity index (χ1n) is 15.6. The quantitative estimate of drug-likeness (QED) is 0.157. The molecule has 0 aliphatic heterocycles. The summed E-state index contributed by atoms with van der Waals surface area (Å²) >= 11 is 6.03. The molecule has 1 saturated carbocycles. The largest absolute Gasteiger partial charge is 0.489 e. The highest BCUT2D eigenvalue weighted by molar-refractivity contribution is 6.30. The molecule has 0 radical (unpaired) electrons. The number of ketones is 1. The van der Waals surface area contributed by atoms with E-state index in [-0.39, 0.29) is 13.0 Å². The number of halogens is 1. The van der Waals surface area contributed by atoms with Crippen LogP contribution in [0.15, 0.2) is 97.1 Å². The molecular formula is C38H39ClN2O5. The van der Waals surface area contributed by atoms with Gasteiger partial charge in [-0.15, -0.1) is 0 Å². The molecule has 0 saturated heterocycles. The van der Waals surface area contributed by atoms with Gasteiger partial charge >= 0.3 is 0 Å². The molecule has 2 amide bonds. The van der Waals surface area contributed by atoms with Crippen LogP contribution < -0.4 is 15.4 Å². The summed E-state index contributed by atoms with van der Waals surface area (Å²) in [7, 11) is 0. The minimum atomic E-state index is -1.73. The van der Waals surface area contributed by atoms with Crippen molar-refractivity contribution in [3.05, 3.63) is 124 Å². The summed E-state index contributed by atoms with van der Waals surface area (Å²) in [4.78, 5) is 42.2. The lowest BCUT2D eigenvalue weighted by molar-refractivity contribution is -0.150. The molecule has 1 fully saturated rings. The second-order valence-corrected chi connectivity index (χ2v) is 12.4. The molecule has 46 heavy (non-hydrogen) atoms. The van der Waals surface area contributed by atoms with Crippen LogP contribution in [0.2, 0.25) is 5.02 Å². The number of nitrogens with one attached hydrogen (secondary N) is 2. The molecule has 4 unspecified atom stereocenters. The fourth-order valence-corrected chi connectivity index (χ4v) is 6.50. The van der Waals surface area contributed by atoms with Crippen LogP contribution in [0.25, 0.3) is 0 Å². The van der Waals surface area contributed by atoms with Gasteiger partial charge in [-0.05, 0) is 78.4 Å². The fourth-order valence-electron chi connectivity index (χ4n) is 6.37. The Hall–Kier alpha value is -4.46. The van der Waals surface area contributed by atoms with E-state index in [9.17, 15) is 19.5 Å². The van der Waals surface area contributed by atoms with Gasteiger partial charge < -0.3 is 20.5 Å². The molecule has 0 spiro atoms. The third kappa shape index (κ3) is 7.33. The van der Waals surface area contributed by atoms with Crippen LogP contribution in [0.1, 0.15) is 55.4 Å². The molecule has 1 aliphatic rings. The fraction of sp³-hybridized carbons (Fsp3) is 0.289. The van der Waals surface area contributed by atoms with E-state index in [0.29, 0.717) is 40.6 Å². The van der Waals surface area contributed by atoms with Crippen molar-refractivity contribution >= 4 is 40.6 Å². The SMILES string of the molecule is CCc1ccccc1NC(=O)C1C(=O)CC(C)(O)C(C(=O)Nc2ccccc2CC)C1c1cccc(OCc2ccc(Cl)cc2)c1. The van der Waals surface area contributed by atoms with Crippen LogP contribution in [0.3, 0.4) is 0 Å². The van der Waals surface area contributed by atoms with Crippen LogP contribution in [-0.2, 0) is 33.8 Å². The van der Waals surface area contributed by atoms with E-state index in [1.807, 2.05) is 68.4 Å². The lowest BCUT2D eigenvalue weighted by Crippen LogP contribution is -2.56. The summed E-state index contributed by atoms with van der Waals surface area (Å²) in [6, 6.07) is 29.3. The third-order valence-electron chi connectivity index (χ3n) is 8.71. The maximum atomic E-state index is 14.2. The monoisotopic (exact) mass is 638 g/mol. The van der Waals surface area contributed by atoms with Gasteiger partial charge in [-0.25, -0.2) is 0 Å². The molecule has 0 heterocycles. The summed E-state index contributed by atoms with van der Waals surface area (Å²) in [5.74, 6) is -4.30. The van der Waals surface area contributed by atoms with E-state index in [1.54, 1.807) is 42.5 Å². The number of hydrogen-bond donors (Lipinski definition) is 3. The van der Waals surface area contributed by atoms with E-state index in [0.717, 1.165) is 16.7 Å². The Balaban J connectivity index is 1.55. The van der Waals surface area contributed by atoms with Gasteiger partial charge in [-0.2, -0.15) is 0 Å². The van der Waals surface area contributed by atoms with E-state index in [2.05, 4.69) is 10.6 Å². The molecule has 3 N–H and O–H groups in total. The predicted molar refractivity (Wildman–Crippen MR) is 181 cm³/mol. The Morgan fingerprint density at radius 2 is 1.43 bits per heavy atom. The molecule has 4 aromatic rings. The summed E-state index contributed by atoms with van der Waals surface area (Å²) in [5.41, 5.74) is 2.80. The number of rotatable bonds is 10. The van der Waals surface area contributed by atoms with Gasteiger partial charge in [0.25, 0.3) is 0 Å². The van der Waals surface area contributed by atoms with Crippen molar-refractivity contribution < 1.29 is 24.2 Å². The Bertz CT molecular complexity index is 1720. The lowest BCUT2D eigenvalue weighted by atomic mass is 9.61. The van der Waals surface area contributed by atoms with E-state index >= 15 is 0 Å². The molecule has 8 heteroatoms. The minimum absolute atomic E-state index is 0.261. The Kier molecular flexibility index (Phi) is 10.2. The molecular weight excluding hydrogens is 600 g/mol. The summed E-state index contributed by atoms with van der Waals surface area (Å²) < 4.78 is 6.09. The number of carbonyl (C=O) groups is 3. The number of Topliss-reactive ketones (excluding diaryl/α,β-unsaturated/α-hetero) is 1. The van der Waals surface area contributed by atoms with Crippen LogP contribution in [0.4, 0.5) is 11.4 Å². The zero-order chi connectivity index (χ0) is 32.8. The number of ether oxygens (including phenoxy) is 1. The number of hydrogen-bond acceptors (Lipinski definition) is 5. The number of benzene rings is 4. The van der Waals surface area contributed by atoms with Gasteiger partial charge in [-0.1, -0.05) is 86.1 Å². The standard InChI is InChI=1S/C38H39ClN2O5/c1-4-25-11-6-8-15-30(25)40-36(43)34-32(42)22-38(3,45)35(37(44)41-31-16-9-7-12-26(31)5-2)33(34)27-13-10-14-29(21-27)46-23-24-17-19-28(39)20-18-24/h6-21,33-35,45H,4-5,22-23H2,1-3H3,(H,40,43)(H,41,44).